The number of anilines is 1. The second-order valence-electron chi connectivity index (χ2n) is 5.04. The quantitative estimate of drug-likeness (QED) is 0.843. The Balaban J connectivity index is 1.55. The molecule has 2 aromatic rings. The zero-order valence-corrected chi connectivity index (χ0v) is 13.3. The fourth-order valence-electron chi connectivity index (χ4n) is 2.42. The third kappa shape index (κ3) is 3.75. The summed E-state index contributed by atoms with van der Waals surface area (Å²) in [6.45, 7) is 0. The SMILES string of the molecule is O=C(CSc1nnnn1C1CCCC1)Nc1ccc(Cl)cn1. The van der Waals surface area contributed by atoms with Crippen LogP contribution in [0.25, 0.3) is 0 Å². The number of carbonyl (C=O) groups excluding carboxylic acids is 1. The molecule has 0 radical (unpaired) electrons. The average Bonchev–Trinajstić information content (AvgIpc) is 3.18. The minimum Gasteiger partial charge on any atom is -0.310 e. The number of thioether (sulfide) groups is 1. The molecule has 1 fully saturated rings. The minimum atomic E-state index is -0.152. The molecule has 3 rings (SSSR count). The van der Waals surface area contributed by atoms with Gasteiger partial charge >= 0.3 is 0 Å². The molecule has 0 aliphatic heterocycles. The number of amides is 1. The number of hydrogen-bond donors (Lipinski definition) is 1. The van der Waals surface area contributed by atoms with Gasteiger partial charge in [-0.05, 0) is 35.4 Å². The first kappa shape index (κ1) is 15.2. The van der Waals surface area contributed by atoms with Crippen molar-refractivity contribution in [3.8, 4) is 0 Å². The van der Waals surface area contributed by atoms with Gasteiger partial charge in [0.05, 0.1) is 16.8 Å². The number of tetrazole rings is 1. The molecule has 2 heterocycles. The maximum absolute atomic E-state index is 11.9. The molecule has 7 nitrogen and oxygen atoms in total. The molecule has 0 saturated heterocycles. The van der Waals surface area contributed by atoms with Crippen molar-refractivity contribution < 1.29 is 4.79 Å². The summed E-state index contributed by atoms with van der Waals surface area (Å²) >= 11 is 7.08. The lowest BCUT2D eigenvalue weighted by molar-refractivity contribution is -0.113. The number of rotatable bonds is 5. The van der Waals surface area contributed by atoms with E-state index < -0.39 is 0 Å². The number of carbonyl (C=O) groups is 1. The average molecular weight is 339 g/mol. The van der Waals surface area contributed by atoms with Gasteiger partial charge in [0.15, 0.2) is 0 Å². The summed E-state index contributed by atoms with van der Waals surface area (Å²) in [5, 5.41) is 15.7. The summed E-state index contributed by atoms with van der Waals surface area (Å²) in [4.78, 5) is 16.0. The van der Waals surface area contributed by atoms with Crippen LogP contribution in [0, 0.1) is 0 Å². The minimum absolute atomic E-state index is 0.152. The van der Waals surface area contributed by atoms with E-state index in [4.69, 9.17) is 11.6 Å². The van der Waals surface area contributed by atoms with Gasteiger partial charge in [-0.15, -0.1) is 5.10 Å². The lowest BCUT2D eigenvalue weighted by Crippen LogP contribution is -2.16. The van der Waals surface area contributed by atoms with E-state index in [0.29, 0.717) is 22.0 Å². The van der Waals surface area contributed by atoms with Crippen LogP contribution in [0.2, 0.25) is 5.02 Å². The van der Waals surface area contributed by atoms with Crippen molar-refractivity contribution in [1.29, 1.82) is 0 Å². The summed E-state index contributed by atoms with van der Waals surface area (Å²) in [6, 6.07) is 3.70. The van der Waals surface area contributed by atoms with Crippen LogP contribution in [0.4, 0.5) is 5.82 Å². The molecule has 1 aliphatic carbocycles. The fourth-order valence-corrected chi connectivity index (χ4v) is 3.27. The Kier molecular flexibility index (Phi) is 4.89. The standard InChI is InChI=1S/C13H15ClN6OS/c14-9-5-6-11(15-7-9)16-12(21)8-22-13-17-18-19-20(13)10-3-1-2-4-10/h5-7,10H,1-4,8H2,(H,15,16,21). The molecule has 1 N–H and O–H groups in total. The number of hydrogen-bond acceptors (Lipinski definition) is 6. The van der Waals surface area contributed by atoms with Gasteiger partial charge in [0.1, 0.15) is 5.82 Å². The number of nitrogens with zero attached hydrogens (tertiary/aromatic N) is 5. The third-order valence-corrected chi connectivity index (χ3v) is 4.62. The smallest absolute Gasteiger partial charge is 0.236 e. The number of nitrogens with one attached hydrogen (secondary N) is 1. The van der Waals surface area contributed by atoms with Gasteiger partial charge in [-0.1, -0.05) is 36.2 Å². The molecular formula is C13H15ClN6OS. The lowest BCUT2D eigenvalue weighted by Gasteiger charge is -2.10. The van der Waals surface area contributed by atoms with Gasteiger partial charge in [-0.2, -0.15) is 0 Å². The first-order valence-corrected chi connectivity index (χ1v) is 8.41. The van der Waals surface area contributed by atoms with Crippen molar-refractivity contribution in [2.45, 2.75) is 36.9 Å². The number of pyridine rings is 1. The highest BCUT2D eigenvalue weighted by molar-refractivity contribution is 7.99. The van der Waals surface area contributed by atoms with Crippen molar-refractivity contribution in [2.75, 3.05) is 11.1 Å². The van der Waals surface area contributed by atoms with Crippen LogP contribution in [-0.2, 0) is 4.79 Å². The van der Waals surface area contributed by atoms with Crippen molar-refractivity contribution in [1.82, 2.24) is 25.2 Å². The Labute approximate surface area is 136 Å². The Bertz CT molecular complexity index is 640. The van der Waals surface area contributed by atoms with Crippen molar-refractivity contribution in [3.05, 3.63) is 23.4 Å². The second kappa shape index (κ2) is 7.06. The van der Waals surface area contributed by atoms with E-state index in [0.717, 1.165) is 12.8 Å². The van der Waals surface area contributed by atoms with Crippen molar-refractivity contribution >= 4 is 35.1 Å². The van der Waals surface area contributed by atoms with Gasteiger partial charge in [0.25, 0.3) is 0 Å². The van der Waals surface area contributed by atoms with Gasteiger partial charge in [0, 0.05) is 6.20 Å². The van der Waals surface area contributed by atoms with Gasteiger partial charge in [0.2, 0.25) is 11.1 Å². The Morgan fingerprint density at radius 3 is 2.95 bits per heavy atom. The van der Waals surface area contributed by atoms with Crippen LogP contribution in [-0.4, -0.2) is 36.9 Å². The monoisotopic (exact) mass is 338 g/mol. The summed E-state index contributed by atoms with van der Waals surface area (Å²) in [7, 11) is 0. The second-order valence-corrected chi connectivity index (χ2v) is 6.42. The van der Waals surface area contributed by atoms with Crippen molar-refractivity contribution in [3.63, 3.8) is 0 Å². The molecule has 0 bridgehead atoms. The zero-order valence-electron chi connectivity index (χ0n) is 11.8. The Morgan fingerprint density at radius 2 is 2.23 bits per heavy atom. The molecule has 1 amide bonds. The molecule has 0 aromatic carbocycles. The molecular weight excluding hydrogens is 324 g/mol. The number of aromatic nitrogens is 5. The predicted octanol–water partition coefficient (Wildman–Crippen LogP) is 2.57. The van der Waals surface area contributed by atoms with Gasteiger partial charge in [-0.25, -0.2) is 9.67 Å². The first-order chi connectivity index (χ1) is 10.7. The summed E-state index contributed by atoms with van der Waals surface area (Å²) in [5.74, 6) is 0.559. The maximum atomic E-state index is 11.9. The van der Waals surface area contributed by atoms with Crippen LogP contribution in [0.1, 0.15) is 31.7 Å². The lowest BCUT2D eigenvalue weighted by atomic mass is 10.3. The molecule has 0 spiro atoms. The molecule has 1 aliphatic rings. The Hall–Kier alpha value is -1.67. The van der Waals surface area contributed by atoms with E-state index in [2.05, 4.69) is 25.8 Å². The van der Waals surface area contributed by atoms with Crippen molar-refractivity contribution in [2.24, 2.45) is 0 Å². The van der Waals surface area contributed by atoms with Gasteiger partial charge in [-0.3, -0.25) is 4.79 Å². The largest absolute Gasteiger partial charge is 0.310 e. The van der Waals surface area contributed by atoms with E-state index in [-0.39, 0.29) is 11.7 Å². The molecule has 0 atom stereocenters. The molecule has 22 heavy (non-hydrogen) atoms. The maximum Gasteiger partial charge on any atom is 0.236 e. The van der Waals surface area contributed by atoms with Crippen LogP contribution < -0.4 is 5.32 Å². The van der Waals surface area contributed by atoms with Crippen LogP contribution in [0.15, 0.2) is 23.5 Å². The van der Waals surface area contributed by atoms with E-state index in [1.807, 2.05) is 4.68 Å². The van der Waals surface area contributed by atoms with Crippen LogP contribution >= 0.6 is 23.4 Å². The van der Waals surface area contributed by atoms with E-state index in [1.54, 1.807) is 12.1 Å². The highest BCUT2D eigenvalue weighted by atomic mass is 35.5. The van der Waals surface area contributed by atoms with E-state index >= 15 is 0 Å². The number of halogens is 1. The molecule has 116 valence electrons. The summed E-state index contributed by atoms with van der Waals surface area (Å²) in [5.41, 5.74) is 0. The normalized spacial score (nSPS) is 15.1. The van der Waals surface area contributed by atoms with Crippen LogP contribution in [0.3, 0.4) is 0 Å². The summed E-state index contributed by atoms with van der Waals surface area (Å²) < 4.78 is 1.84. The molecule has 1 saturated carbocycles. The first-order valence-electron chi connectivity index (χ1n) is 7.04. The summed E-state index contributed by atoms with van der Waals surface area (Å²) in [6.07, 6.45) is 6.10. The van der Waals surface area contributed by atoms with E-state index in [9.17, 15) is 4.79 Å². The highest BCUT2D eigenvalue weighted by Gasteiger charge is 2.22. The predicted molar refractivity (Wildman–Crippen MR) is 83.9 cm³/mol. The highest BCUT2D eigenvalue weighted by Crippen LogP contribution is 2.31. The fraction of sp³-hybridized carbons (Fsp3) is 0.462. The molecule has 9 heteroatoms. The molecule has 0 unspecified atom stereocenters. The van der Waals surface area contributed by atoms with Crippen LogP contribution in [0.5, 0.6) is 0 Å². The Morgan fingerprint density at radius 1 is 1.41 bits per heavy atom. The van der Waals surface area contributed by atoms with Gasteiger partial charge < -0.3 is 5.32 Å². The molecule has 2 aromatic heterocycles. The zero-order chi connectivity index (χ0) is 15.4. The topological polar surface area (TPSA) is 85.6 Å². The van der Waals surface area contributed by atoms with E-state index in [1.165, 1.54) is 30.8 Å². The third-order valence-electron chi connectivity index (χ3n) is 3.46.